The fourth-order valence-electron chi connectivity index (χ4n) is 3.35. The zero-order valence-electron chi connectivity index (χ0n) is 17.5. The van der Waals surface area contributed by atoms with E-state index in [0.29, 0.717) is 11.5 Å². The Morgan fingerprint density at radius 2 is 1.86 bits per heavy atom. The van der Waals surface area contributed by atoms with Gasteiger partial charge in [-0.1, -0.05) is 45.0 Å². The van der Waals surface area contributed by atoms with Gasteiger partial charge in [0, 0.05) is 5.92 Å². The number of benzene rings is 2. The lowest BCUT2D eigenvalue weighted by atomic mass is 9.86. The number of nitrogens with zero attached hydrogens (tertiary/aromatic N) is 1. The van der Waals surface area contributed by atoms with Crippen LogP contribution in [-0.4, -0.2) is 26.3 Å². The van der Waals surface area contributed by atoms with Gasteiger partial charge in [-0.05, 0) is 69.2 Å². The van der Waals surface area contributed by atoms with E-state index in [4.69, 9.17) is 9.47 Å². The Balaban J connectivity index is 1.59. The van der Waals surface area contributed by atoms with E-state index < -0.39 is 0 Å². The lowest BCUT2D eigenvalue weighted by Crippen LogP contribution is -2.20. The quantitative estimate of drug-likeness (QED) is 0.346. The molecular weight excluding hydrogens is 479 g/mol. The van der Waals surface area contributed by atoms with E-state index in [1.807, 2.05) is 12.1 Å². The highest BCUT2D eigenvalue weighted by Crippen LogP contribution is 2.47. The van der Waals surface area contributed by atoms with Gasteiger partial charge in [-0.2, -0.15) is 5.10 Å². The number of methoxy groups -OCH3 is 2. The number of halogens is 1. The lowest BCUT2D eigenvalue weighted by molar-refractivity contribution is -0.122. The number of nitrogens with one attached hydrogen (secondary N) is 1. The molecule has 1 N–H and O–H groups in total. The van der Waals surface area contributed by atoms with Crippen molar-refractivity contribution in [3.63, 3.8) is 0 Å². The summed E-state index contributed by atoms with van der Waals surface area (Å²) in [7, 11) is 3.20. The minimum Gasteiger partial charge on any atom is -0.493 e. The first kappa shape index (κ1) is 21.6. The molecule has 6 heteroatoms. The number of hydrogen-bond donors (Lipinski definition) is 1. The fourth-order valence-corrected chi connectivity index (χ4v) is 4.19. The Bertz CT molecular complexity index is 917. The molecule has 0 aliphatic heterocycles. The molecule has 29 heavy (non-hydrogen) atoms. The molecule has 2 atom stereocenters. The van der Waals surface area contributed by atoms with Crippen LogP contribution in [-0.2, 0) is 10.2 Å². The summed E-state index contributed by atoms with van der Waals surface area (Å²) in [6.07, 6.45) is 2.49. The third kappa shape index (κ3) is 5.10. The molecule has 1 aliphatic carbocycles. The molecule has 1 aliphatic rings. The van der Waals surface area contributed by atoms with Crippen molar-refractivity contribution in [2.75, 3.05) is 14.2 Å². The van der Waals surface area contributed by atoms with Gasteiger partial charge in [0.2, 0.25) is 5.91 Å². The van der Waals surface area contributed by atoms with Crippen molar-refractivity contribution in [1.29, 1.82) is 0 Å². The number of amides is 1. The van der Waals surface area contributed by atoms with Gasteiger partial charge in [-0.3, -0.25) is 4.79 Å². The predicted octanol–water partition coefficient (Wildman–Crippen LogP) is 4.86. The van der Waals surface area contributed by atoms with Gasteiger partial charge in [-0.15, -0.1) is 0 Å². The van der Waals surface area contributed by atoms with Crippen LogP contribution in [0.25, 0.3) is 0 Å². The molecule has 1 amide bonds. The molecular formula is C23H27IN2O3. The predicted molar refractivity (Wildman–Crippen MR) is 124 cm³/mol. The molecule has 2 aromatic carbocycles. The van der Waals surface area contributed by atoms with Crippen LogP contribution >= 0.6 is 22.6 Å². The average molecular weight is 506 g/mol. The van der Waals surface area contributed by atoms with Crippen LogP contribution in [0, 0.1) is 9.49 Å². The number of ether oxygens (including phenoxy) is 2. The number of carbonyl (C=O) groups is 1. The first-order valence-corrected chi connectivity index (χ1v) is 10.7. The van der Waals surface area contributed by atoms with E-state index in [1.54, 1.807) is 20.4 Å². The minimum absolute atomic E-state index is 0.0156. The third-order valence-corrected chi connectivity index (χ3v) is 5.98. The summed E-state index contributed by atoms with van der Waals surface area (Å²) in [6, 6.07) is 12.4. The van der Waals surface area contributed by atoms with Crippen LogP contribution in [0.15, 0.2) is 41.5 Å². The summed E-state index contributed by atoms with van der Waals surface area (Å²) < 4.78 is 11.6. The molecule has 1 fully saturated rings. The van der Waals surface area contributed by atoms with E-state index >= 15 is 0 Å². The first-order chi connectivity index (χ1) is 13.7. The van der Waals surface area contributed by atoms with Crippen LogP contribution in [0.2, 0.25) is 0 Å². The van der Waals surface area contributed by atoms with Gasteiger partial charge in [0.1, 0.15) is 0 Å². The average Bonchev–Trinajstić information content (AvgIpc) is 3.48. The number of hydrogen-bond acceptors (Lipinski definition) is 4. The monoisotopic (exact) mass is 506 g/mol. The van der Waals surface area contributed by atoms with Gasteiger partial charge < -0.3 is 9.47 Å². The molecule has 0 bridgehead atoms. The van der Waals surface area contributed by atoms with Crippen LogP contribution in [0.1, 0.15) is 49.8 Å². The van der Waals surface area contributed by atoms with Crippen LogP contribution < -0.4 is 14.9 Å². The van der Waals surface area contributed by atoms with Gasteiger partial charge >= 0.3 is 0 Å². The molecule has 154 valence electrons. The second-order valence-electron chi connectivity index (χ2n) is 8.29. The zero-order chi connectivity index (χ0) is 21.2. The largest absolute Gasteiger partial charge is 0.493 e. The Morgan fingerprint density at radius 3 is 2.45 bits per heavy atom. The number of carbonyl (C=O) groups excluding carboxylic acids is 1. The Labute approximate surface area is 186 Å². The van der Waals surface area contributed by atoms with Crippen molar-refractivity contribution in [1.82, 2.24) is 5.43 Å². The van der Waals surface area contributed by atoms with Gasteiger partial charge in [-0.25, -0.2) is 5.43 Å². The van der Waals surface area contributed by atoms with Crippen molar-refractivity contribution in [3.8, 4) is 11.5 Å². The van der Waals surface area contributed by atoms with E-state index in [2.05, 4.69) is 78.2 Å². The van der Waals surface area contributed by atoms with Gasteiger partial charge in [0.05, 0.1) is 24.0 Å². The number of rotatable bonds is 6. The van der Waals surface area contributed by atoms with Gasteiger partial charge in [0.15, 0.2) is 11.5 Å². The molecule has 3 rings (SSSR count). The van der Waals surface area contributed by atoms with Crippen molar-refractivity contribution in [3.05, 3.63) is 56.7 Å². The molecule has 0 aromatic heterocycles. The van der Waals surface area contributed by atoms with Crippen LogP contribution in [0.4, 0.5) is 0 Å². The maximum Gasteiger partial charge on any atom is 0.243 e. The maximum absolute atomic E-state index is 12.4. The molecule has 0 heterocycles. The Kier molecular flexibility index (Phi) is 6.51. The van der Waals surface area contributed by atoms with Crippen molar-refractivity contribution < 1.29 is 14.3 Å². The maximum atomic E-state index is 12.4. The van der Waals surface area contributed by atoms with Crippen molar-refractivity contribution in [2.45, 2.75) is 38.5 Å². The highest BCUT2D eigenvalue weighted by atomic mass is 127. The molecule has 0 saturated heterocycles. The van der Waals surface area contributed by atoms with Crippen molar-refractivity contribution >= 4 is 34.7 Å². The minimum atomic E-state index is -0.0404. The molecule has 5 nitrogen and oxygen atoms in total. The number of hydrazone groups is 1. The second-order valence-corrected chi connectivity index (χ2v) is 9.46. The standard InChI is InChI=1S/C23H27IN2O3/c1-23(2,3)16-8-6-15(7-9-16)17-12-18(17)22(27)26-25-13-14-10-19(24)21(29-5)20(11-14)28-4/h6-11,13,17-18H,12H2,1-5H3,(H,26,27). The van der Waals surface area contributed by atoms with Crippen LogP contribution in [0.3, 0.4) is 0 Å². The fraction of sp³-hybridized carbons (Fsp3) is 0.391. The SMILES string of the molecule is COc1cc(C=NNC(=O)C2CC2c2ccc(C(C)(C)C)cc2)cc(I)c1OC. The molecule has 0 spiro atoms. The van der Waals surface area contributed by atoms with E-state index in [-0.39, 0.29) is 23.2 Å². The molecule has 2 aromatic rings. The Morgan fingerprint density at radius 1 is 1.17 bits per heavy atom. The first-order valence-electron chi connectivity index (χ1n) is 9.59. The zero-order valence-corrected chi connectivity index (χ0v) is 19.6. The van der Waals surface area contributed by atoms with Crippen LogP contribution in [0.5, 0.6) is 11.5 Å². The van der Waals surface area contributed by atoms with E-state index in [9.17, 15) is 4.79 Å². The van der Waals surface area contributed by atoms with Gasteiger partial charge in [0.25, 0.3) is 0 Å². The smallest absolute Gasteiger partial charge is 0.243 e. The van der Waals surface area contributed by atoms with E-state index in [0.717, 1.165) is 15.6 Å². The second kappa shape index (κ2) is 8.73. The Hall–Kier alpha value is -2.09. The van der Waals surface area contributed by atoms with E-state index in [1.165, 1.54) is 11.1 Å². The summed E-state index contributed by atoms with van der Waals surface area (Å²) in [4.78, 5) is 12.4. The normalized spacial score (nSPS) is 18.6. The topological polar surface area (TPSA) is 59.9 Å². The summed E-state index contributed by atoms with van der Waals surface area (Å²) >= 11 is 2.18. The molecule has 0 radical (unpaired) electrons. The molecule has 1 saturated carbocycles. The lowest BCUT2D eigenvalue weighted by Gasteiger charge is -2.19. The summed E-state index contributed by atoms with van der Waals surface area (Å²) in [6.45, 7) is 6.60. The summed E-state index contributed by atoms with van der Waals surface area (Å²) in [5, 5.41) is 4.13. The highest BCUT2D eigenvalue weighted by molar-refractivity contribution is 14.1. The van der Waals surface area contributed by atoms with Crippen molar-refractivity contribution in [2.24, 2.45) is 11.0 Å². The summed E-state index contributed by atoms with van der Waals surface area (Å²) in [5.74, 6) is 1.54. The molecule has 2 unspecified atom stereocenters. The third-order valence-electron chi connectivity index (χ3n) is 5.18. The summed E-state index contributed by atoms with van der Waals surface area (Å²) in [5.41, 5.74) is 6.16. The highest BCUT2D eigenvalue weighted by Gasteiger charge is 2.44.